The van der Waals surface area contributed by atoms with Crippen molar-refractivity contribution in [1.82, 2.24) is 0 Å². The van der Waals surface area contributed by atoms with Crippen LogP contribution in [0.5, 0.6) is 0 Å². The Labute approximate surface area is 141 Å². The van der Waals surface area contributed by atoms with Gasteiger partial charge in [0.1, 0.15) is 18.8 Å². The highest BCUT2D eigenvalue weighted by Gasteiger charge is 2.40. The third kappa shape index (κ3) is 8.23. The number of carbonyl (C=O) groups excluding carboxylic acids is 3. The van der Waals surface area contributed by atoms with E-state index in [2.05, 4.69) is 0 Å². The predicted molar refractivity (Wildman–Crippen MR) is 81.2 cm³/mol. The second-order valence-corrected chi connectivity index (χ2v) is 4.95. The van der Waals surface area contributed by atoms with E-state index < -0.39 is 42.3 Å². The zero-order valence-electron chi connectivity index (χ0n) is 14.9. The monoisotopic (exact) mass is 350 g/mol. The number of hydrogen-bond acceptors (Lipinski definition) is 9. The minimum atomic E-state index is -0.989. The number of ether oxygens (including phenoxy) is 6. The molecule has 0 N–H and O–H groups in total. The van der Waals surface area contributed by atoms with Crippen molar-refractivity contribution in [1.29, 1.82) is 0 Å². The van der Waals surface area contributed by atoms with Gasteiger partial charge >= 0.3 is 17.9 Å². The average molecular weight is 350 g/mol. The van der Waals surface area contributed by atoms with Gasteiger partial charge in [0.15, 0.2) is 12.2 Å². The summed E-state index contributed by atoms with van der Waals surface area (Å²) in [5, 5.41) is 0. The number of carbonyl (C=O) groups is 3. The Morgan fingerprint density at radius 2 is 1.29 bits per heavy atom. The van der Waals surface area contributed by atoms with Crippen LogP contribution in [0.15, 0.2) is 0 Å². The highest BCUT2D eigenvalue weighted by molar-refractivity contribution is 5.67. The molecule has 0 aliphatic rings. The molecule has 4 atom stereocenters. The van der Waals surface area contributed by atoms with Crippen LogP contribution >= 0.6 is 0 Å². The lowest BCUT2D eigenvalue weighted by atomic mass is 10.0. The summed E-state index contributed by atoms with van der Waals surface area (Å²) in [6, 6.07) is 0. The standard InChI is InChI=1S/C15H26O9/c1-9(16)22-8-12(20-5)15(24-11(3)18)14(21-6)13(7-19-4)23-10(2)17/h12-15H,7-8H2,1-6H3/t12-,13-,14-,15-/m1/s1. The van der Waals surface area contributed by atoms with Gasteiger partial charge in [0.2, 0.25) is 0 Å². The van der Waals surface area contributed by atoms with Crippen molar-refractivity contribution >= 4 is 17.9 Å². The third-order valence-electron chi connectivity index (χ3n) is 3.03. The molecule has 0 spiro atoms. The molecular weight excluding hydrogens is 324 g/mol. The van der Waals surface area contributed by atoms with Gasteiger partial charge in [-0.3, -0.25) is 14.4 Å². The van der Waals surface area contributed by atoms with Gasteiger partial charge in [-0.05, 0) is 0 Å². The summed E-state index contributed by atoms with van der Waals surface area (Å²) < 4.78 is 31.0. The summed E-state index contributed by atoms with van der Waals surface area (Å²) in [6.45, 7) is 3.55. The molecule has 0 rings (SSSR count). The van der Waals surface area contributed by atoms with Crippen LogP contribution < -0.4 is 0 Å². The zero-order chi connectivity index (χ0) is 18.7. The van der Waals surface area contributed by atoms with Crippen molar-refractivity contribution in [3.8, 4) is 0 Å². The van der Waals surface area contributed by atoms with E-state index in [9.17, 15) is 14.4 Å². The van der Waals surface area contributed by atoms with Crippen LogP contribution in [0.1, 0.15) is 20.8 Å². The molecule has 0 saturated carbocycles. The Bertz CT molecular complexity index is 410. The van der Waals surface area contributed by atoms with Gasteiger partial charge in [0.05, 0.1) is 6.61 Å². The van der Waals surface area contributed by atoms with Crippen LogP contribution in [0.4, 0.5) is 0 Å². The topological polar surface area (TPSA) is 107 Å². The van der Waals surface area contributed by atoms with E-state index in [-0.39, 0.29) is 13.2 Å². The van der Waals surface area contributed by atoms with Crippen molar-refractivity contribution in [2.45, 2.75) is 45.2 Å². The predicted octanol–water partition coefficient (Wildman–Crippen LogP) is 0.0893. The van der Waals surface area contributed by atoms with Crippen molar-refractivity contribution < 1.29 is 42.8 Å². The van der Waals surface area contributed by atoms with Gasteiger partial charge in [-0.1, -0.05) is 0 Å². The molecule has 9 heteroatoms. The highest BCUT2D eigenvalue weighted by atomic mass is 16.6. The number of methoxy groups -OCH3 is 3. The first-order valence-electron chi connectivity index (χ1n) is 7.29. The molecular formula is C15H26O9. The van der Waals surface area contributed by atoms with Gasteiger partial charge in [-0.2, -0.15) is 0 Å². The number of esters is 3. The summed E-state index contributed by atoms with van der Waals surface area (Å²) in [5.41, 5.74) is 0. The maximum absolute atomic E-state index is 11.5. The van der Waals surface area contributed by atoms with Crippen molar-refractivity contribution in [2.24, 2.45) is 0 Å². The van der Waals surface area contributed by atoms with Crippen molar-refractivity contribution in [3.63, 3.8) is 0 Å². The van der Waals surface area contributed by atoms with E-state index in [0.717, 1.165) is 0 Å². The molecule has 9 nitrogen and oxygen atoms in total. The van der Waals surface area contributed by atoms with E-state index in [1.165, 1.54) is 42.1 Å². The minimum Gasteiger partial charge on any atom is -0.463 e. The van der Waals surface area contributed by atoms with Crippen LogP contribution in [0, 0.1) is 0 Å². The fourth-order valence-electron chi connectivity index (χ4n) is 2.11. The van der Waals surface area contributed by atoms with E-state index >= 15 is 0 Å². The molecule has 0 aromatic heterocycles. The Morgan fingerprint density at radius 3 is 1.67 bits per heavy atom. The third-order valence-corrected chi connectivity index (χ3v) is 3.03. The average Bonchev–Trinajstić information content (AvgIpc) is 2.47. The lowest BCUT2D eigenvalue weighted by Gasteiger charge is -2.34. The lowest BCUT2D eigenvalue weighted by molar-refractivity contribution is -0.194. The van der Waals surface area contributed by atoms with Gasteiger partial charge in [-0.15, -0.1) is 0 Å². The van der Waals surface area contributed by atoms with Gasteiger partial charge in [-0.25, -0.2) is 0 Å². The minimum absolute atomic E-state index is 0.0137. The second kappa shape index (κ2) is 11.8. The fourth-order valence-corrected chi connectivity index (χ4v) is 2.11. The van der Waals surface area contributed by atoms with Crippen LogP contribution in [-0.2, 0) is 42.8 Å². The molecule has 0 aliphatic carbocycles. The molecule has 0 saturated heterocycles. The van der Waals surface area contributed by atoms with E-state index in [0.29, 0.717) is 0 Å². The van der Waals surface area contributed by atoms with Crippen LogP contribution in [-0.4, -0.2) is 76.9 Å². The van der Waals surface area contributed by atoms with Crippen LogP contribution in [0.3, 0.4) is 0 Å². The smallest absolute Gasteiger partial charge is 0.303 e. The molecule has 24 heavy (non-hydrogen) atoms. The normalized spacial score (nSPS) is 15.8. The van der Waals surface area contributed by atoms with Crippen molar-refractivity contribution in [3.05, 3.63) is 0 Å². The maximum Gasteiger partial charge on any atom is 0.303 e. The second-order valence-electron chi connectivity index (χ2n) is 4.95. The van der Waals surface area contributed by atoms with Gasteiger partial charge < -0.3 is 28.4 Å². The fraction of sp³-hybridized carbons (Fsp3) is 0.800. The summed E-state index contributed by atoms with van der Waals surface area (Å²) in [5.74, 6) is -1.65. The van der Waals surface area contributed by atoms with Gasteiger partial charge in [0.25, 0.3) is 0 Å². The van der Waals surface area contributed by atoms with E-state index in [1.807, 2.05) is 0 Å². The summed E-state index contributed by atoms with van der Waals surface area (Å²) in [6.07, 6.45) is -3.55. The van der Waals surface area contributed by atoms with Crippen molar-refractivity contribution in [2.75, 3.05) is 34.5 Å². The SMILES string of the molecule is COC[C@@H](OC(C)=O)[C@@H](OC)[C@H](OC(C)=O)[C@@H](COC(C)=O)OC. The lowest BCUT2D eigenvalue weighted by Crippen LogP contribution is -2.52. The number of hydrogen-bond donors (Lipinski definition) is 0. The first-order valence-corrected chi connectivity index (χ1v) is 7.29. The molecule has 0 amide bonds. The Balaban J connectivity index is 5.46. The largest absolute Gasteiger partial charge is 0.463 e. The van der Waals surface area contributed by atoms with E-state index in [1.54, 1.807) is 0 Å². The Hall–Kier alpha value is -1.71. The number of rotatable bonds is 11. The van der Waals surface area contributed by atoms with Gasteiger partial charge in [0, 0.05) is 42.1 Å². The molecule has 0 aromatic rings. The van der Waals surface area contributed by atoms with Crippen LogP contribution in [0.2, 0.25) is 0 Å². The molecule has 0 heterocycles. The first-order chi connectivity index (χ1) is 11.3. The van der Waals surface area contributed by atoms with Crippen LogP contribution in [0.25, 0.3) is 0 Å². The summed E-state index contributed by atoms with van der Waals surface area (Å²) in [4.78, 5) is 33.8. The summed E-state index contributed by atoms with van der Waals surface area (Å²) in [7, 11) is 4.16. The molecule has 0 aliphatic heterocycles. The molecule has 0 bridgehead atoms. The quantitative estimate of drug-likeness (QED) is 0.378. The maximum atomic E-state index is 11.5. The highest BCUT2D eigenvalue weighted by Crippen LogP contribution is 2.18. The Kier molecular flexibility index (Phi) is 10.9. The molecule has 0 aromatic carbocycles. The molecule has 0 unspecified atom stereocenters. The first kappa shape index (κ1) is 22.3. The molecule has 0 fully saturated rings. The summed E-state index contributed by atoms with van der Waals surface area (Å²) >= 11 is 0. The molecule has 0 radical (unpaired) electrons. The zero-order valence-corrected chi connectivity index (χ0v) is 14.9. The Morgan fingerprint density at radius 1 is 0.708 bits per heavy atom. The van der Waals surface area contributed by atoms with E-state index in [4.69, 9.17) is 28.4 Å². The molecule has 140 valence electrons.